The van der Waals surface area contributed by atoms with Crippen molar-refractivity contribution in [2.24, 2.45) is 5.92 Å². The summed E-state index contributed by atoms with van der Waals surface area (Å²) in [5.41, 5.74) is 6.84. The number of fused-ring (bicyclic) bond motifs is 1. The molecule has 3 aliphatic rings. The molecular formula is C47H52FN11O4. The molecule has 15 nitrogen and oxygen atoms in total. The number of carbonyl (C=O) groups excluding carboxylic acids is 3. The summed E-state index contributed by atoms with van der Waals surface area (Å²) in [7, 11) is 0. The maximum absolute atomic E-state index is 15.6. The number of hydrogen-bond donors (Lipinski definition) is 3. The lowest BCUT2D eigenvalue weighted by Crippen LogP contribution is -2.49. The number of aromatic amines is 1. The average molecular weight is 854 g/mol. The Kier molecular flexibility index (Phi) is 11.4. The van der Waals surface area contributed by atoms with Crippen LogP contribution < -0.4 is 25.3 Å². The number of anilines is 3. The largest absolute Gasteiger partial charge is 0.372 e. The van der Waals surface area contributed by atoms with Gasteiger partial charge in [0.05, 0.1) is 11.7 Å². The van der Waals surface area contributed by atoms with E-state index in [1.165, 1.54) is 23.8 Å². The Morgan fingerprint density at radius 1 is 0.857 bits per heavy atom. The maximum Gasteiger partial charge on any atom is 0.328 e. The number of aromatic nitrogens is 5. The number of halogens is 1. The Morgan fingerprint density at radius 2 is 1.52 bits per heavy atom. The molecule has 63 heavy (non-hydrogen) atoms. The molecule has 3 N–H and O–H groups in total. The van der Waals surface area contributed by atoms with E-state index in [2.05, 4.69) is 86.8 Å². The Hall–Kier alpha value is -6.68. The van der Waals surface area contributed by atoms with E-state index >= 15 is 4.39 Å². The van der Waals surface area contributed by atoms with Gasteiger partial charge < -0.3 is 24.6 Å². The highest BCUT2D eigenvalue weighted by atomic mass is 19.1. The normalized spacial score (nSPS) is 17.3. The molecule has 9 rings (SSSR count). The minimum Gasteiger partial charge on any atom is -0.372 e. The summed E-state index contributed by atoms with van der Waals surface area (Å²) in [6.45, 7) is 15.0. The zero-order valence-corrected chi connectivity index (χ0v) is 36.0. The van der Waals surface area contributed by atoms with Crippen molar-refractivity contribution in [3.63, 3.8) is 0 Å². The lowest BCUT2D eigenvalue weighted by molar-refractivity contribution is -0.120. The fraction of sp³-hybridized carbons (Fsp3) is 0.383. The van der Waals surface area contributed by atoms with Crippen LogP contribution in [-0.4, -0.2) is 100 Å². The molecule has 4 amide bonds. The fourth-order valence-corrected chi connectivity index (χ4v) is 8.74. The molecule has 0 bridgehead atoms. The van der Waals surface area contributed by atoms with Crippen molar-refractivity contribution in [3.8, 4) is 22.5 Å². The van der Waals surface area contributed by atoms with Crippen molar-refractivity contribution in [1.29, 1.82) is 0 Å². The van der Waals surface area contributed by atoms with Crippen LogP contribution >= 0.6 is 0 Å². The van der Waals surface area contributed by atoms with E-state index in [4.69, 9.17) is 4.52 Å². The van der Waals surface area contributed by atoms with Gasteiger partial charge in [-0.15, -0.1) is 0 Å². The van der Waals surface area contributed by atoms with Gasteiger partial charge in [0.25, 0.3) is 0 Å². The molecule has 16 heteroatoms. The summed E-state index contributed by atoms with van der Waals surface area (Å²) in [5, 5.41) is 9.83. The van der Waals surface area contributed by atoms with Crippen LogP contribution in [0.2, 0.25) is 0 Å². The molecule has 6 aromatic rings. The SMILES string of the molecule is C[C@@H](NC(=O)c1nc(C(C)(C)C)no1)c1ccc(-c2ncnc3[nH]c(-c4ccc(N5CCN(CC6CCN(c7ccc(N8CCC(=O)NC8=O)cc7)CC6)CC5)cc4)cc23)cc1F. The van der Waals surface area contributed by atoms with Crippen molar-refractivity contribution < 1.29 is 23.3 Å². The van der Waals surface area contributed by atoms with E-state index in [1.807, 2.05) is 39.0 Å². The maximum atomic E-state index is 15.6. The number of hydrogen-bond acceptors (Lipinski definition) is 11. The van der Waals surface area contributed by atoms with E-state index < -0.39 is 17.8 Å². The lowest BCUT2D eigenvalue weighted by atomic mass is 9.95. The van der Waals surface area contributed by atoms with E-state index in [0.29, 0.717) is 47.2 Å². The van der Waals surface area contributed by atoms with E-state index in [1.54, 1.807) is 24.0 Å². The van der Waals surface area contributed by atoms with Crippen molar-refractivity contribution in [2.75, 3.05) is 67.1 Å². The van der Waals surface area contributed by atoms with Gasteiger partial charge in [-0.1, -0.05) is 50.2 Å². The zero-order chi connectivity index (χ0) is 43.8. The summed E-state index contributed by atoms with van der Waals surface area (Å²) in [6, 6.07) is 22.6. The van der Waals surface area contributed by atoms with Crippen LogP contribution in [0.1, 0.15) is 75.1 Å². The van der Waals surface area contributed by atoms with Crippen LogP contribution in [0.4, 0.5) is 26.2 Å². The van der Waals surface area contributed by atoms with Crippen LogP contribution in [0.5, 0.6) is 0 Å². The average Bonchev–Trinajstić information content (AvgIpc) is 3.97. The highest BCUT2D eigenvalue weighted by Gasteiger charge is 2.28. The summed E-state index contributed by atoms with van der Waals surface area (Å²) in [4.78, 5) is 62.3. The van der Waals surface area contributed by atoms with Crippen LogP contribution in [0.15, 0.2) is 83.6 Å². The molecule has 3 aromatic heterocycles. The minimum atomic E-state index is -0.658. The summed E-state index contributed by atoms with van der Waals surface area (Å²) < 4.78 is 20.8. The molecule has 0 saturated carbocycles. The molecule has 0 radical (unpaired) electrons. The zero-order valence-electron chi connectivity index (χ0n) is 36.0. The molecule has 3 fully saturated rings. The van der Waals surface area contributed by atoms with Crippen LogP contribution in [0.25, 0.3) is 33.5 Å². The van der Waals surface area contributed by atoms with Gasteiger partial charge in [0.15, 0.2) is 5.82 Å². The van der Waals surface area contributed by atoms with E-state index in [0.717, 1.165) is 81.0 Å². The molecule has 0 unspecified atom stereocenters. The number of benzene rings is 3. The first-order chi connectivity index (χ1) is 30.4. The molecule has 326 valence electrons. The molecule has 3 aliphatic heterocycles. The van der Waals surface area contributed by atoms with Crippen LogP contribution in [-0.2, 0) is 10.2 Å². The van der Waals surface area contributed by atoms with Gasteiger partial charge in [0.1, 0.15) is 17.8 Å². The summed E-state index contributed by atoms with van der Waals surface area (Å²) in [5.74, 6) is -0.366. The Labute approximate surface area is 365 Å². The fourth-order valence-electron chi connectivity index (χ4n) is 8.74. The third-order valence-electron chi connectivity index (χ3n) is 12.4. The number of nitrogens with one attached hydrogen (secondary N) is 3. The third-order valence-corrected chi connectivity index (χ3v) is 12.4. The van der Waals surface area contributed by atoms with Crippen molar-refractivity contribution in [2.45, 2.75) is 58.4 Å². The second-order valence-electron chi connectivity index (χ2n) is 17.8. The summed E-state index contributed by atoms with van der Waals surface area (Å²) in [6.07, 6.45) is 4.08. The van der Waals surface area contributed by atoms with Gasteiger partial charge in [0, 0.05) is 103 Å². The topological polar surface area (TPSA) is 169 Å². The number of urea groups is 1. The van der Waals surface area contributed by atoms with Gasteiger partial charge in [-0.25, -0.2) is 19.2 Å². The summed E-state index contributed by atoms with van der Waals surface area (Å²) >= 11 is 0. The smallest absolute Gasteiger partial charge is 0.328 e. The minimum absolute atomic E-state index is 0.168. The van der Waals surface area contributed by atoms with Crippen LogP contribution in [0, 0.1) is 11.7 Å². The molecule has 0 spiro atoms. The number of rotatable bonds is 10. The second-order valence-corrected chi connectivity index (χ2v) is 17.8. The van der Waals surface area contributed by atoms with Gasteiger partial charge in [0.2, 0.25) is 5.91 Å². The van der Waals surface area contributed by atoms with Gasteiger partial charge in [-0.3, -0.25) is 24.7 Å². The quantitative estimate of drug-likeness (QED) is 0.129. The molecule has 3 aromatic carbocycles. The van der Waals surface area contributed by atoms with E-state index in [9.17, 15) is 14.4 Å². The predicted molar refractivity (Wildman–Crippen MR) is 239 cm³/mol. The highest BCUT2D eigenvalue weighted by molar-refractivity contribution is 6.05. The van der Waals surface area contributed by atoms with Crippen LogP contribution in [0.3, 0.4) is 0 Å². The van der Waals surface area contributed by atoms with Crippen molar-refractivity contribution in [1.82, 2.24) is 40.6 Å². The molecular weight excluding hydrogens is 802 g/mol. The first kappa shape index (κ1) is 41.7. The Morgan fingerprint density at radius 3 is 2.19 bits per heavy atom. The predicted octanol–water partition coefficient (Wildman–Crippen LogP) is 7.09. The van der Waals surface area contributed by atoms with Crippen molar-refractivity contribution in [3.05, 3.63) is 102 Å². The first-order valence-electron chi connectivity index (χ1n) is 21.7. The third kappa shape index (κ3) is 8.98. The van der Waals surface area contributed by atoms with Crippen molar-refractivity contribution >= 4 is 45.9 Å². The second kappa shape index (κ2) is 17.2. The van der Waals surface area contributed by atoms with Gasteiger partial charge in [-0.2, -0.15) is 4.98 Å². The number of carbonyl (C=O) groups is 3. The number of nitrogens with zero attached hydrogens (tertiary/aromatic N) is 8. The number of piperazine rings is 1. The number of piperidine rings is 1. The number of H-pyrrole nitrogens is 1. The number of imide groups is 1. The molecule has 3 saturated heterocycles. The monoisotopic (exact) mass is 853 g/mol. The molecule has 6 heterocycles. The molecule has 0 aliphatic carbocycles. The van der Waals surface area contributed by atoms with Gasteiger partial charge >= 0.3 is 17.8 Å². The van der Waals surface area contributed by atoms with Gasteiger partial charge in [-0.05, 0) is 79.8 Å². The molecule has 1 atom stereocenters. The Balaban J connectivity index is 0.768. The number of amides is 4. The van der Waals surface area contributed by atoms with E-state index in [-0.39, 0.29) is 23.2 Å². The Bertz CT molecular complexity index is 2620. The highest BCUT2D eigenvalue weighted by Crippen LogP contribution is 2.33. The first-order valence-corrected chi connectivity index (χ1v) is 21.7. The standard InChI is InChI=1S/C47H52FN11O4/c1-29(51-43(61)44-54-45(55-63-44)47(2,3)4)36-14-7-32(25-38(36)48)41-37-26-39(52-42(37)50-28-49-41)31-5-8-33(9-6-31)58-23-21-56(22-24-58)27-30-15-18-57(19-16-30)34-10-12-35(13-11-34)59-20-17-40(60)53-46(59)62/h5-14,25-26,28-30H,15-24,27H2,1-4H3,(H,51,61)(H,49,50,52)(H,53,60,62)/t29-/m1/s1. The lowest BCUT2D eigenvalue weighted by Gasteiger charge is -2.40.